The van der Waals surface area contributed by atoms with E-state index in [-0.39, 0.29) is 5.69 Å². The van der Waals surface area contributed by atoms with Crippen molar-refractivity contribution < 1.29 is 10.1 Å². The minimum atomic E-state index is -0.465. The van der Waals surface area contributed by atoms with Crippen LogP contribution < -0.4 is 0 Å². The molecule has 0 bridgehead atoms. The van der Waals surface area contributed by atoms with Crippen molar-refractivity contribution in [2.24, 2.45) is 5.16 Å². The van der Waals surface area contributed by atoms with E-state index in [1.54, 1.807) is 6.92 Å². The van der Waals surface area contributed by atoms with Gasteiger partial charge in [-0.25, -0.2) is 0 Å². The Morgan fingerprint density at radius 3 is 2.77 bits per heavy atom. The molecule has 0 aliphatic carbocycles. The second-order valence-electron chi connectivity index (χ2n) is 2.54. The number of non-ortho nitro benzene ring substituents is 1. The fourth-order valence-electron chi connectivity index (χ4n) is 0.980. The van der Waals surface area contributed by atoms with Gasteiger partial charge in [0.05, 0.1) is 11.1 Å². The Morgan fingerprint density at radius 1 is 1.62 bits per heavy atom. The molecule has 1 N–H and O–H groups in total. The molecule has 0 saturated heterocycles. The van der Waals surface area contributed by atoms with Crippen molar-refractivity contribution in [3.8, 4) is 0 Å². The molecule has 1 aromatic rings. The molecule has 0 amide bonds. The predicted octanol–water partition coefficient (Wildman–Crippen LogP) is 1.71. The topological polar surface area (TPSA) is 75.7 Å². The summed E-state index contributed by atoms with van der Waals surface area (Å²) in [7, 11) is 0. The molecule has 0 aliphatic rings. The van der Waals surface area contributed by atoms with E-state index in [0.29, 0.717) is 11.1 Å². The Kier molecular flexibility index (Phi) is 2.59. The van der Waals surface area contributed by atoms with E-state index >= 15 is 0 Å². The van der Waals surface area contributed by atoms with Crippen LogP contribution in [0.5, 0.6) is 0 Å². The van der Waals surface area contributed by atoms with Gasteiger partial charge in [-0.2, -0.15) is 0 Å². The minimum Gasteiger partial charge on any atom is -0.411 e. The summed E-state index contributed by atoms with van der Waals surface area (Å²) in [6, 6.07) is 4.33. The fraction of sp³-hybridized carbons (Fsp3) is 0.125. The van der Waals surface area contributed by atoms with Crippen molar-refractivity contribution in [1.82, 2.24) is 0 Å². The van der Waals surface area contributed by atoms with Crippen molar-refractivity contribution in [3.05, 3.63) is 39.4 Å². The second-order valence-corrected chi connectivity index (χ2v) is 2.54. The summed E-state index contributed by atoms with van der Waals surface area (Å²) in [5.41, 5.74) is 1.40. The summed E-state index contributed by atoms with van der Waals surface area (Å²) in [6.07, 6.45) is 1.24. The van der Waals surface area contributed by atoms with E-state index in [0.717, 1.165) is 0 Å². The van der Waals surface area contributed by atoms with Gasteiger partial charge in [0.15, 0.2) is 0 Å². The normalized spacial score (nSPS) is 10.5. The number of benzene rings is 1. The summed E-state index contributed by atoms with van der Waals surface area (Å²) < 4.78 is 0. The van der Waals surface area contributed by atoms with Gasteiger partial charge >= 0.3 is 0 Å². The summed E-state index contributed by atoms with van der Waals surface area (Å²) in [6.45, 7) is 1.71. The smallest absolute Gasteiger partial charge is 0.269 e. The average Bonchev–Trinajstić information content (AvgIpc) is 2.08. The van der Waals surface area contributed by atoms with Crippen molar-refractivity contribution in [1.29, 1.82) is 0 Å². The van der Waals surface area contributed by atoms with Gasteiger partial charge in [-0.1, -0.05) is 5.16 Å². The highest BCUT2D eigenvalue weighted by atomic mass is 16.6. The number of nitro benzene ring substituents is 1. The molecule has 1 aromatic carbocycles. The molecule has 1 rings (SSSR count). The molecular formula is C8H8N2O3. The first-order valence-electron chi connectivity index (χ1n) is 3.57. The Labute approximate surface area is 74.5 Å². The average molecular weight is 180 g/mol. The van der Waals surface area contributed by atoms with Gasteiger partial charge in [0.2, 0.25) is 0 Å². The van der Waals surface area contributed by atoms with E-state index in [1.807, 2.05) is 0 Å². The highest BCUT2D eigenvalue weighted by Crippen LogP contribution is 2.15. The van der Waals surface area contributed by atoms with Gasteiger partial charge in [0.25, 0.3) is 5.69 Å². The number of rotatable bonds is 2. The highest BCUT2D eigenvalue weighted by Gasteiger charge is 2.06. The third kappa shape index (κ3) is 2.02. The molecule has 0 saturated carbocycles. The first-order valence-corrected chi connectivity index (χ1v) is 3.57. The molecular weight excluding hydrogens is 172 g/mol. The van der Waals surface area contributed by atoms with Crippen LogP contribution in [0.2, 0.25) is 0 Å². The van der Waals surface area contributed by atoms with Crippen molar-refractivity contribution in [2.45, 2.75) is 6.92 Å². The zero-order valence-electron chi connectivity index (χ0n) is 6.97. The third-order valence-corrected chi connectivity index (χ3v) is 1.66. The van der Waals surface area contributed by atoms with E-state index in [4.69, 9.17) is 5.21 Å². The molecule has 0 atom stereocenters. The zero-order valence-corrected chi connectivity index (χ0v) is 6.97. The van der Waals surface area contributed by atoms with Crippen LogP contribution >= 0.6 is 0 Å². The summed E-state index contributed by atoms with van der Waals surface area (Å²) in [4.78, 5) is 9.88. The van der Waals surface area contributed by atoms with Gasteiger partial charge < -0.3 is 5.21 Å². The molecule has 0 unspecified atom stereocenters. The maximum Gasteiger partial charge on any atom is 0.269 e. The summed E-state index contributed by atoms with van der Waals surface area (Å²) >= 11 is 0. The molecule has 5 heteroatoms. The SMILES string of the molecule is Cc1cc([N+](=O)[O-])ccc1C=NO. The van der Waals surface area contributed by atoms with Gasteiger partial charge in [0, 0.05) is 12.1 Å². The number of aryl methyl sites for hydroxylation is 1. The minimum absolute atomic E-state index is 0.0348. The van der Waals surface area contributed by atoms with Crippen molar-refractivity contribution >= 4 is 11.9 Å². The van der Waals surface area contributed by atoms with Crippen LogP contribution in [0.25, 0.3) is 0 Å². The molecule has 0 aliphatic heterocycles. The zero-order chi connectivity index (χ0) is 9.84. The first-order chi connectivity index (χ1) is 6.15. The Morgan fingerprint density at radius 2 is 2.31 bits per heavy atom. The van der Waals surface area contributed by atoms with Crippen LogP contribution in [0.1, 0.15) is 11.1 Å². The first kappa shape index (κ1) is 9.18. The number of nitrogens with zero attached hydrogens (tertiary/aromatic N) is 2. The van der Waals surface area contributed by atoms with E-state index in [1.165, 1.54) is 24.4 Å². The van der Waals surface area contributed by atoms with Crippen molar-refractivity contribution in [3.63, 3.8) is 0 Å². The lowest BCUT2D eigenvalue weighted by molar-refractivity contribution is -0.384. The van der Waals surface area contributed by atoms with Crippen LogP contribution in [-0.4, -0.2) is 16.3 Å². The van der Waals surface area contributed by atoms with Crippen molar-refractivity contribution in [2.75, 3.05) is 0 Å². The molecule has 68 valence electrons. The van der Waals surface area contributed by atoms with Crippen LogP contribution in [-0.2, 0) is 0 Å². The molecule has 5 nitrogen and oxygen atoms in total. The van der Waals surface area contributed by atoms with Gasteiger partial charge in [-0.15, -0.1) is 0 Å². The summed E-state index contributed by atoms with van der Waals surface area (Å²) in [5.74, 6) is 0. The standard InChI is InChI=1S/C8H8N2O3/c1-6-4-8(10(12)13)3-2-7(6)5-9-11/h2-5,11H,1H3. The van der Waals surface area contributed by atoms with E-state index < -0.39 is 4.92 Å². The third-order valence-electron chi connectivity index (χ3n) is 1.66. The number of hydrogen-bond donors (Lipinski definition) is 1. The maximum absolute atomic E-state index is 10.3. The van der Waals surface area contributed by atoms with Crippen LogP contribution in [0, 0.1) is 17.0 Å². The highest BCUT2D eigenvalue weighted by molar-refractivity contribution is 5.81. The monoisotopic (exact) mass is 180 g/mol. The lowest BCUT2D eigenvalue weighted by Gasteiger charge is -1.97. The number of nitro groups is 1. The quantitative estimate of drug-likeness (QED) is 0.326. The fourth-order valence-corrected chi connectivity index (χ4v) is 0.980. The Hall–Kier alpha value is -1.91. The lowest BCUT2D eigenvalue weighted by atomic mass is 10.1. The van der Waals surface area contributed by atoms with E-state index in [2.05, 4.69) is 5.16 Å². The van der Waals surface area contributed by atoms with Crippen LogP contribution in [0.15, 0.2) is 23.4 Å². The van der Waals surface area contributed by atoms with Gasteiger partial charge in [0.1, 0.15) is 0 Å². The van der Waals surface area contributed by atoms with E-state index in [9.17, 15) is 10.1 Å². The maximum atomic E-state index is 10.3. The Bertz CT molecular complexity index is 360. The predicted molar refractivity (Wildman–Crippen MR) is 47.2 cm³/mol. The van der Waals surface area contributed by atoms with Crippen LogP contribution in [0.4, 0.5) is 5.69 Å². The Balaban J connectivity index is 3.12. The summed E-state index contributed by atoms with van der Waals surface area (Å²) in [5, 5.41) is 21.4. The molecule has 0 radical (unpaired) electrons. The molecule has 0 fully saturated rings. The molecule has 13 heavy (non-hydrogen) atoms. The second kappa shape index (κ2) is 3.66. The molecule has 0 aromatic heterocycles. The molecule has 0 spiro atoms. The number of hydrogen-bond acceptors (Lipinski definition) is 4. The van der Waals surface area contributed by atoms with Gasteiger partial charge in [-0.05, 0) is 24.1 Å². The van der Waals surface area contributed by atoms with Gasteiger partial charge in [-0.3, -0.25) is 10.1 Å². The van der Waals surface area contributed by atoms with Crippen LogP contribution in [0.3, 0.4) is 0 Å². The lowest BCUT2D eigenvalue weighted by Crippen LogP contribution is -1.92. The number of oxime groups is 1. The molecule has 0 heterocycles. The largest absolute Gasteiger partial charge is 0.411 e.